The fraction of sp³-hybridized carbons (Fsp3) is 0.846. The van der Waals surface area contributed by atoms with Crippen LogP contribution in [0.1, 0.15) is 32.1 Å². The van der Waals surface area contributed by atoms with E-state index in [1.807, 2.05) is 0 Å². The van der Waals surface area contributed by atoms with Crippen molar-refractivity contribution >= 4 is 12.0 Å². The van der Waals surface area contributed by atoms with Crippen molar-refractivity contribution in [2.75, 3.05) is 26.8 Å². The van der Waals surface area contributed by atoms with Crippen molar-refractivity contribution in [3.63, 3.8) is 0 Å². The molecule has 1 aliphatic heterocycles. The first-order chi connectivity index (χ1) is 9.11. The van der Waals surface area contributed by atoms with Gasteiger partial charge in [-0.15, -0.1) is 0 Å². The summed E-state index contributed by atoms with van der Waals surface area (Å²) in [5.41, 5.74) is 0. The minimum absolute atomic E-state index is 0.0829. The van der Waals surface area contributed by atoms with Crippen molar-refractivity contribution in [3.8, 4) is 0 Å². The van der Waals surface area contributed by atoms with Crippen LogP contribution in [-0.4, -0.2) is 65.8 Å². The molecule has 2 amide bonds. The Hall–Kier alpha value is -1.30. The van der Waals surface area contributed by atoms with E-state index in [0.717, 1.165) is 25.7 Å². The average Bonchev–Trinajstić information content (AvgIpc) is 2.46. The number of carbonyl (C=O) groups is 2. The number of carbonyl (C=O) groups excluding carboxylic acids is 1. The SMILES string of the molecule is CN(C(=O)N1CCOCC1C(=O)O)C1CCCCC1. The van der Waals surface area contributed by atoms with Crippen LogP contribution in [0.25, 0.3) is 0 Å². The monoisotopic (exact) mass is 270 g/mol. The second kappa shape index (κ2) is 6.23. The molecule has 2 aliphatic rings. The fourth-order valence-corrected chi connectivity index (χ4v) is 2.86. The van der Waals surface area contributed by atoms with Gasteiger partial charge in [0, 0.05) is 19.6 Å². The van der Waals surface area contributed by atoms with Gasteiger partial charge in [0.15, 0.2) is 6.04 Å². The van der Waals surface area contributed by atoms with Crippen LogP contribution in [0, 0.1) is 0 Å². The number of carboxylic acids is 1. The van der Waals surface area contributed by atoms with Crippen molar-refractivity contribution in [1.82, 2.24) is 9.80 Å². The van der Waals surface area contributed by atoms with Gasteiger partial charge < -0.3 is 19.6 Å². The molecule has 1 aliphatic carbocycles. The molecule has 0 aromatic rings. The van der Waals surface area contributed by atoms with Crippen molar-refractivity contribution in [2.24, 2.45) is 0 Å². The quantitative estimate of drug-likeness (QED) is 0.817. The van der Waals surface area contributed by atoms with E-state index < -0.39 is 12.0 Å². The van der Waals surface area contributed by atoms with Gasteiger partial charge in [-0.05, 0) is 12.8 Å². The van der Waals surface area contributed by atoms with Gasteiger partial charge in [0.2, 0.25) is 0 Å². The molecule has 19 heavy (non-hydrogen) atoms. The van der Waals surface area contributed by atoms with Crippen LogP contribution in [-0.2, 0) is 9.53 Å². The molecule has 0 spiro atoms. The topological polar surface area (TPSA) is 70.1 Å². The molecule has 0 radical (unpaired) electrons. The van der Waals surface area contributed by atoms with Crippen LogP contribution in [0.5, 0.6) is 0 Å². The predicted molar refractivity (Wildman–Crippen MR) is 69.0 cm³/mol. The smallest absolute Gasteiger partial charge is 0.328 e. The third kappa shape index (κ3) is 3.18. The summed E-state index contributed by atoms with van der Waals surface area (Å²) in [4.78, 5) is 26.8. The number of urea groups is 1. The first-order valence-electron chi connectivity index (χ1n) is 6.95. The van der Waals surface area contributed by atoms with Crippen LogP contribution in [0.4, 0.5) is 4.79 Å². The Morgan fingerprint density at radius 2 is 1.95 bits per heavy atom. The maximum Gasteiger partial charge on any atom is 0.328 e. The summed E-state index contributed by atoms with van der Waals surface area (Å²) in [6.45, 7) is 0.848. The number of hydrogen-bond acceptors (Lipinski definition) is 3. The fourth-order valence-electron chi connectivity index (χ4n) is 2.86. The van der Waals surface area contributed by atoms with Gasteiger partial charge in [0.25, 0.3) is 0 Å². The van der Waals surface area contributed by atoms with Gasteiger partial charge >= 0.3 is 12.0 Å². The maximum absolute atomic E-state index is 12.4. The first-order valence-corrected chi connectivity index (χ1v) is 6.95. The van der Waals surface area contributed by atoms with Crippen LogP contribution in [0.3, 0.4) is 0 Å². The molecule has 1 heterocycles. The van der Waals surface area contributed by atoms with E-state index in [1.54, 1.807) is 11.9 Å². The molecule has 1 atom stereocenters. The minimum Gasteiger partial charge on any atom is -0.480 e. The lowest BCUT2D eigenvalue weighted by Crippen LogP contribution is -2.57. The number of morpholine rings is 1. The standard InChI is InChI=1S/C13H22N2O4/c1-14(10-5-3-2-4-6-10)13(18)15-7-8-19-9-11(15)12(16)17/h10-11H,2-9H2,1H3,(H,16,17). The Morgan fingerprint density at radius 3 is 2.58 bits per heavy atom. The molecule has 0 aromatic carbocycles. The maximum atomic E-state index is 12.4. The van der Waals surface area contributed by atoms with Gasteiger partial charge in [-0.1, -0.05) is 19.3 Å². The van der Waals surface area contributed by atoms with Crippen molar-refractivity contribution in [1.29, 1.82) is 0 Å². The zero-order chi connectivity index (χ0) is 13.8. The Balaban J connectivity index is 2.01. The van der Waals surface area contributed by atoms with Crippen molar-refractivity contribution in [3.05, 3.63) is 0 Å². The highest BCUT2D eigenvalue weighted by Gasteiger charge is 2.36. The number of carboxylic acid groups (broad SMARTS) is 1. The Kier molecular flexibility index (Phi) is 4.63. The molecule has 0 aromatic heterocycles. The van der Waals surface area contributed by atoms with Crippen LogP contribution in [0.15, 0.2) is 0 Å². The number of hydrogen-bond donors (Lipinski definition) is 1. The minimum atomic E-state index is -0.995. The third-order valence-corrected chi connectivity index (χ3v) is 4.08. The van der Waals surface area contributed by atoms with Gasteiger partial charge in [0.05, 0.1) is 13.2 Å². The van der Waals surface area contributed by atoms with Gasteiger partial charge in [-0.2, -0.15) is 0 Å². The second-order valence-corrected chi connectivity index (χ2v) is 5.31. The predicted octanol–water partition coefficient (Wildman–Crippen LogP) is 1.16. The molecule has 6 nitrogen and oxygen atoms in total. The second-order valence-electron chi connectivity index (χ2n) is 5.31. The van der Waals surface area contributed by atoms with Gasteiger partial charge in [-0.3, -0.25) is 0 Å². The van der Waals surface area contributed by atoms with Crippen LogP contribution in [0.2, 0.25) is 0 Å². The van der Waals surface area contributed by atoms with E-state index in [2.05, 4.69) is 0 Å². The molecule has 1 N–H and O–H groups in total. The number of rotatable bonds is 2. The molecule has 2 fully saturated rings. The molecule has 2 rings (SSSR count). The Morgan fingerprint density at radius 1 is 1.26 bits per heavy atom. The first kappa shape index (κ1) is 14.1. The highest BCUT2D eigenvalue weighted by molar-refractivity contribution is 5.83. The summed E-state index contributed by atoms with van der Waals surface area (Å²) in [6, 6.07) is -0.784. The molecule has 108 valence electrons. The van der Waals surface area contributed by atoms with E-state index in [4.69, 9.17) is 9.84 Å². The number of ether oxygens (including phenoxy) is 1. The summed E-state index contributed by atoms with van der Waals surface area (Å²) < 4.78 is 5.16. The molecule has 0 bridgehead atoms. The zero-order valence-electron chi connectivity index (χ0n) is 11.4. The Labute approximate surface area is 113 Å². The van der Waals surface area contributed by atoms with E-state index in [9.17, 15) is 9.59 Å². The number of aliphatic carboxylic acids is 1. The highest BCUT2D eigenvalue weighted by atomic mass is 16.5. The normalized spacial score (nSPS) is 25.1. The number of amides is 2. The molecule has 6 heteroatoms. The lowest BCUT2D eigenvalue weighted by molar-refractivity contribution is -0.147. The summed E-state index contributed by atoms with van der Waals surface area (Å²) in [6.07, 6.45) is 5.56. The van der Waals surface area contributed by atoms with E-state index in [1.165, 1.54) is 11.3 Å². The van der Waals surface area contributed by atoms with E-state index in [-0.39, 0.29) is 18.7 Å². The van der Waals surface area contributed by atoms with Gasteiger partial charge in [0.1, 0.15) is 0 Å². The largest absolute Gasteiger partial charge is 0.480 e. The van der Waals surface area contributed by atoms with Crippen molar-refractivity contribution in [2.45, 2.75) is 44.2 Å². The summed E-state index contributed by atoms with van der Waals surface area (Å²) in [5.74, 6) is -0.995. The lowest BCUT2D eigenvalue weighted by atomic mass is 9.94. The molecular formula is C13H22N2O4. The highest BCUT2D eigenvalue weighted by Crippen LogP contribution is 2.23. The molecule has 1 saturated carbocycles. The zero-order valence-corrected chi connectivity index (χ0v) is 11.4. The third-order valence-electron chi connectivity index (χ3n) is 4.08. The van der Waals surface area contributed by atoms with Gasteiger partial charge in [-0.25, -0.2) is 9.59 Å². The molecular weight excluding hydrogens is 248 g/mol. The van der Waals surface area contributed by atoms with E-state index >= 15 is 0 Å². The lowest BCUT2D eigenvalue weighted by Gasteiger charge is -2.39. The average molecular weight is 270 g/mol. The molecule has 1 saturated heterocycles. The van der Waals surface area contributed by atoms with Crippen LogP contribution >= 0.6 is 0 Å². The number of nitrogens with zero attached hydrogens (tertiary/aromatic N) is 2. The molecule has 1 unspecified atom stereocenters. The van der Waals surface area contributed by atoms with Crippen LogP contribution < -0.4 is 0 Å². The van der Waals surface area contributed by atoms with E-state index in [0.29, 0.717) is 13.2 Å². The van der Waals surface area contributed by atoms with Crippen molar-refractivity contribution < 1.29 is 19.4 Å². The summed E-state index contributed by atoms with van der Waals surface area (Å²) in [7, 11) is 1.78. The summed E-state index contributed by atoms with van der Waals surface area (Å²) in [5, 5.41) is 9.16. The summed E-state index contributed by atoms with van der Waals surface area (Å²) >= 11 is 0. The Bertz CT molecular complexity index is 342.